The Kier molecular flexibility index (Phi) is 4.93. The lowest BCUT2D eigenvalue weighted by Crippen LogP contribution is -2.40. The van der Waals surface area contributed by atoms with Crippen molar-refractivity contribution in [3.63, 3.8) is 0 Å². The molecule has 4 aromatic rings. The van der Waals surface area contributed by atoms with Crippen molar-refractivity contribution < 1.29 is 0 Å². The van der Waals surface area contributed by atoms with Gasteiger partial charge in [0.15, 0.2) is 11.2 Å². The summed E-state index contributed by atoms with van der Waals surface area (Å²) in [6.07, 6.45) is 1.60. The van der Waals surface area contributed by atoms with Crippen molar-refractivity contribution in [2.24, 2.45) is 14.1 Å². The van der Waals surface area contributed by atoms with Gasteiger partial charge in [-0.3, -0.25) is 13.9 Å². The van der Waals surface area contributed by atoms with Gasteiger partial charge >= 0.3 is 5.69 Å². The van der Waals surface area contributed by atoms with Crippen LogP contribution in [0.1, 0.15) is 36.4 Å². The summed E-state index contributed by atoms with van der Waals surface area (Å²) in [4.78, 5) is 31.0. The Bertz CT molecular complexity index is 1370. The highest BCUT2D eigenvalue weighted by Crippen LogP contribution is 2.17. The monoisotopic (exact) mass is 406 g/mol. The van der Waals surface area contributed by atoms with E-state index in [2.05, 4.69) is 30.0 Å². The lowest BCUT2D eigenvalue weighted by atomic mass is 10.1. The maximum Gasteiger partial charge on any atom is 0.332 e. The van der Waals surface area contributed by atoms with E-state index in [9.17, 15) is 9.59 Å². The quantitative estimate of drug-likeness (QED) is 0.508. The van der Waals surface area contributed by atoms with Gasteiger partial charge in [-0.25, -0.2) is 9.48 Å². The molecule has 0 amide bonds. The molecular weight excluding hydrogens is 380 g/mol. The first-order valence-electron chi connectivity index (χ1n) is 10.2. The molecular formula is C22H26N6O2. The topological polar surface area (TPSA) is 79.6 Å². The lowest BCUT2D eigenvalue weighted by Gasteiger charge is -2.10. The molecule has 0 N–H and O–H groups in total. The highest BCUT2D eigenvalue weighted by Gasteiger charge is 2.21. The number of rotatable bonds is 5. The van der Waals surface area contributed by atoms with Crippen LogP contribution in [-0.4, -0.2) is 28.5 Å². The third-order valence-corrected chi connectivity index (χ3v) is 5.67. The fourth-order valence-corrected chi connectivity index (χ4v) is 3.79. The van der Waals surface area contributed by atoms with Crippen LogP contribution >= 0.6 is 0 Å². The van der Waals surface area contributed by atoms with Crippen LogP contribution in [0.3, 0.4) is 0 Å². The van der Waals surface area contributed by atoms with Gasteiger partial charge in [0, 0.05) is 19.8 Å². The van der Waals surface area contributed by atoms with Crippen molar-refractivity contribution >= 4 is 11.2 Å². The van der Waals surface area contributed by atoms with Crippen molar-refractivity contribution in [1.82, 2.24) is 28.5 Å². The van der Waals surface area contributed by atoms with E-state index in [0.29, 0.717) is 17.1 Å². The second-order valence-electron chi connectivity index (χ2n) is 7.55. The van der Waals surface area contributed by atoms with E-state index >= 15 is 0 Å². The molecule has 0 aliphatic heterocycles. The molecule has 0 bridgehead atoms. The first kappa shape index (κ1) is 19.9. The van der Waals surface area contributed by atoms with Gasteiger partial charge in [0.1, 0.15) is 0 Å². The summed E-state index contributed by atoms with van der Waals surface area (Å²) in [6.45, 7) is 6.30. The molecule has 30 heavy (non-hydrogen) atoms. The smallest absolute Gasteiger partial charge is 0.306 e. The molecule has 156 valence electrons. The maximum absolute atomic E-state index is 13.4. The minimum atomic E-state index is -0.383. The van der Waals surface area contributed by atoms with Crippen LogP contribution in [0.15, 0.2) is 39.9 Å². The maximum atomic E-state index is 13.4. The van der Waals surface area contributed by atoms with Crippen LogP contribution in [0.25, 0.3) is 17.1 Å². The number of imidazole rings is 1. The summed E-state index contributed by atoms with van der Waals surface area (Å²) in [5, 5.41) is 4.65. The van der Waals surface area contributed by atoms with Crippen LogP contribution in [0.2, 0.25) is 0 Å². The van der Waals surface area contributed by atoms with E-state index in [1.54, 1.807) is 23.3 Å². The number of benzene rings is 1. The van der Waals surface area contributed by atoms with Crippen LogP contribution in [0, 0.1) is 6.92 Å². The summed E-state index contributed by atoms with van der Waals surface area (Å²) < 4.78 is 6.22. The number of aryl methyl sites for hydroxylation is 5. The van der Waals surface area contributed by atoms with Gasteiger partial charge in [0.05, 0.1) is 12.2 Å². The third kappa shape index (κ3) is 2.99. The Morgan fingerprint density at radius 1 is 1.00 bits per heavy atom. The standard InChI is InChI=1S/C22H26N6O2/c1-6-16-12-17(7-2)28(24-16)21-23-19-18(25(21)4)20(29)27(22(30)26(19)5)13-15-11-9-8-10-14(15)3/h8-12H,6-7,13H2,1-5H3. The van der Waals surface area contributed by atoms with Gasteiger partial charge in [0.2, 0.25) is 5.95 Å². The highest BCUT2D eigenvalue weighted by atomic mass is 16.2. The first-order chi connectivity index (χ1) is 14.4. The van der Waals surface area contributed by atoms with Crippen LogP contribution in [0.5, 0.6) is 0 Å². The third-order valence-electron chi connectivity index (χ3n) is 5.67. The van der Waals surface area contributed by atoms with Crippen molar-refractivity contribution in [1.29, 1.82) is 0 Å². The molecule has 4 rings (SSSR count). The number of fused-ring (bicyclic) bond motifs is 1. The Morgan fingerprint density at radius 3 is 2.40 bits per heavy atom. The van der Waals surface area contributed by atoms with Gasteiger partial charge in [-0.05, 0) is 37.0 Å². The Balaban J connectivity index is 1.97. The molecule has 8 nitrogen and oxygen atoms in total. The summed E-state index contributed by atoms with van der Waals surface area (Å²) in [7, 11) is 3.44. The van der Waals surface area contributed by atoms with Crippen LogP contribution < -0.4 is 11.2 Å². The molecule has 3 heterocycles. The van der Waals surface area contributed by atoms with Crippen molar-refractivity contribution in [2.45, 2.75) is 40.2 Å². The highest BCUT2D eigenvalue weighted by molar-refractivity contribution is 5.72. The molecule has 0 unspecified atom stereocenters. The van der Waals surface area contributed by atoms with Crippen molar-refractivity contribution in [3.05, 3.63) is 73.7 Å². The average Bonchev–Trinajstić information content (AvgIpc) is 3.31. The largest absolute Gasteiger partial charge is 0.332 e. The average molecular weight is 406 g/mol. The van der Waals surface area contributed by atoms with Gasteiger partial charge in [-0.15, -0.1) is 0 Å². The van der Waals surface area contributed by atoms with Gasteiger partial charge in [0.25, 0.3) is 5.56 Å². The van der Waals surface area contributed by atoms with E-state index in [1.807, 2.05) is 31.2 Å². The summed E-state index contributed by atoms with van der Waals surface area (Å²) in [6, 6.07) is 9.81. The van der Waals surface area contributed by atoms with Crippen molar-refractivity contribution in [2.75, 3.05) is 0 Å². The zero-order valence-corrected chi connectivity index (χ0v) is 18.0. The molecule has 8 heteroatoms. The molecule has 0 radical (unpaired) electrons. The minimum Gasteiger partial charge on any atom is -0.306 e. The summed E-state index contributed by atoms with van der Waals surface area (Å²) in [5.41, 5.74) is 3.96. The predicted molar refractivity (Wildman–Crippen MR) is 116 cm³/mol. The second-order valence-corrected chi connectivity index (χ2v) is 7.55. The normalized spacial score (nSPS) is 11.5. The van der Waals surface area contributed by atoms with E-state index in [-0.39, 0.29) is 17.8 Å². The van der Waals surface area contributed by atoms with E-state index in [1.165, 1.54) is 9.13 Å². The minimum absolute atomic E-state index is 0.219. The molecule has 0 spiro atoms. The summed E-state index contributed by atoms with van der Waals surface area (Å²) >= 11 is 0. The Labute approximate surface area is 174 Å². The zero-order chi connectivity index (χ0) is 21.6. The van der Waals surface area contributed by atoms with Gasteiger partial charge < -0.3 is 4.57 Å². The van der Waals surface area contributed by atoms with Gasteiger partial charge in [-0.2, -0.15) is 10.1 Å². The van der Waals surface area contributed by atoms with Crippen LogP contribution in [0.4, 0.5) is 0 Å². The molecule has 0 atom stereocenters. The molecule has 0 aliphatic rings. The number of hydrogen-bond donors (Lipinski definition) is 0. The zero-order valence-electron chi connectivity index (χ0n) is 18.0. The summed E-state index contributed by atoms with van der Waals surface area (Å²) in [5.74, 6) is 0.530. The number of hydrogen-bond acceptors (Lipinski definition) is 4. The fraction of sp³-hybridized carbons (Fsp3) is 0.364. The predicted octanol–water partition coefficient (Wildman–Crippen LogP) is 2.10. The molecule has 3 aromatic heterocycles. The van der Waals surface area contributed by atoms with E-state index in [4.69, 9.17) is 0 Å². The van der Waals surface area contributed by atoms with Crippen LogP contribution in [-0.2, 0) is 33.5 Å². The lowest BCUT2D eigenvalue weighted by molar-refractivity contribution is 0.653. The van der Waals surface area contributed by atoms with E-state index < -0.39 is 0 Å². The fourth-order valence-electron chi connectivity index (χ4n) is 3.79. The Hall–Kier alpha value is -3.42. The molecule has 0 fully saturated rings. The van der Waals surface area contributed by atoms with E-state index in [0.717, 1.165) is 35.4 Å². The molecule has 1 aromatic carbocycles. The van der Waals surface area contributed by atoms with Gasteiger partial charge in [-0.1, -0.05) is 38.1 Å². The SMILES string of the molecule is CCc1cc(CC)n(-c2nc3c(c(=O)n(Cc4ccccc4C)c(=O)n3C)n2C)n1. The number of aromatic nitrogens is 6. The molecule has 0 saturated carbocycles. The van der Waals surface area contributed by atoms with Crippen molar-refractivity contribution in [3.8, 4) is 5.95 Å². The molecule has 0 aliphatic carbocycles. The Morgan fingerprint density at radius 2 is 1.73 bits per heavy atom. The molecule has 0 saturated heterocycles. The second kappa shape index (κ2) is 7.44. The first-order valence-corrected chi connectivity index (χ1v) is 10.2. The number of nitrogens with zero attached hydrogens (tertiary/aromatic N) is 6.